The van der Waals surface area contributed by atoms with Crippen LogP contribution in [0.2, 0.25) is 0 Å². The highest BCUT2D eigenvalue weighted by Crippen LogP contribution is 2.30. The summed E-state index contributed by atoms with van der Waals surface area (Å²) in [5.41, 5.74) is 3.97. The van der Waals surface area contributed by atoms with E-state index in [2.05, 4.69) is 12.1 Å². The van der Waals surface area contributed by atoms with Crippen molar-refractivity contribution in [3.8, 4) is 0 Å². The first-order chi connectivity index (χ1) is 8.31. The third-order valence-electron chi connectivity index (χ3n) is 2.91. The highest BCUT2D eigenvalue weighted by atomic mass is 35.5. The fourth-order valence-corrected chi connectivity index (χ4v) is 2.37. The van der Waals surface area contributed by atoms with Crippen molar-refractivity contribution in [3.63, 3.8) is 0 Å². The van der Waals surface area contributed by atoms with Crippen molar-refractivity contribution >= 4 is 45.1 Å². The summed E-state index contributed by atoms with van der Waals surface area (Å²) in [6.45, 7) is 0. The van der Waals surface area contributed by atoms with Crippen molar-refractivity contribution in [1.82, 2.24) is 0 Å². The Morgan fingerprint density at radius 1 is 0.765 bits per heavy atom. The van der Waals surface area contributed by atoms with Gasteiger partial charge in [0.2, 0.25) is 0 Å². The molecule has 1 heterocycles. The monoisotopic (exact) mass is 264 g/mol. The van der Waals surface area contributed by atoms with Crippen LogP contribution in [0.3, 0.4) is 0 Å². The lowest BCUT2D eigenvalue weighted by Crippen LogP contribution is -1.77. The summed E-state index contributed by atoms with van der Waals surface area (Å²) in [6.07, 6.45) is 0. The van der Waals surface area contributed by atoms with Crippen LogP contribution in [0.4, 0.5) is 0 Å². The smallest absolute Gasteiger partial charge is 0.135 e. The van der Waals surface area contributed by atoms with Gasteiger partial charge in [-0.3, -0.25) is 0 Å². The fourth-order valence-electron chi connectivity index (χ4n) is 2.04. The number of fused-ring (bicyclic) bond motifs is 3. The molecule has 86 valence electrons. The average Bonchev–Trinajstić information content (AvgIpc) is 2.75. The van der Waals surface area contributed by atoms with Crippen LogP contribution in [-0.4, -0.2) is 0 Å². The summed E-state index contributed by atoms with van der Waals surface area (Å²) in [7, 11) is 0. The van der Waals surface area contributed by atoms with E-state index in [9.17, 15) is 0 Å². The lowest BCUT2D eigenvalue weighted by Gasteiger charge is -1.96. The molecular formula is C14H10Cl2O. The highest BCUT2D eigenvalue weighted by Gasteiger charge is 2.07. The predicted octanol–water partition coefficient (Wildman–Crippen LogP) is 5.06. The molecule has 2 aromatic carbocycles. The number of benzene rings is 2. The number of hydrogen-bond donors (Lipinski definition) is 0. The van der Waals surface area contributed by atoms with Crippen LogP contribution in [0.15, 0.2) is 40.8 Å². The van der Waals surface area contributed by atoms with Gasteiger partial charge in [-0.05, 0) is 35.4 Å². The molecule has 0 unspecified atom stereocenters. The zero-order valence-electron chi connectivity index (χ0n) is 9.04. The summed E-state index contributed by atoms with van der Waals surface area (Å²) in [4.78, 5) is 0. The number of rotatable bonds is 2. The molecule has 17 heavy (non-hydrogen) atoms. The summed E-state index contributed by atoms with van der Waals surface area (Å²) < 4.78 is 5.77. The van der Waals surface area contributed by atoms with Crippen LogP contribution in [-0.2, 0) is 11.8 Å². The Morgan fingerprint density at radius 3 is 1.65 bits per heavy atom. The molecule has 0 saturated carbocycles. The minimum atomic E-state index is 0.512. The topological polar surface area (TPSA) is 13.1 Å². The van der Waals surface area contributed by atoms with Crippen LogP contribution in [0.5, 0.6) is 0 Å². The first-order valence-electron chi connectivity index (χ1n) is 5.38. The maximum absolute atomic E-state index is 5.85. The molecule has 3 heteroatoms. The molecule has 0 spiro atoms. The maximum atomic E-state index is 5.85. The van der Waals surface area contributed by atoms with Crippen molar-refractivity contribution in [2.24, 2.45) is 0 Å². The van der Waals surface area contributed by atoms with E-state index in [1.54, 1.807) is 0 Å². The van der Waals surface area contributed by atoms with Crippen LogP contribution in [0.25, 0.3) is 21.9 Å². The van der Waals surface area contributed by atoms with E-state index in [4.69, 9.17) is 27.6 Å². The molecule has 3 rings (SSSR count). The lowest BCUT2D eigenvalue weighted by atomic mass is 10.1. The predicted molar refractivity (Wildman–Crippen MR) is 72.8 cm³/mol. The van der Waals surface area contributed by atoms with E-state index in [0.29, 0.717) is 11.8 Å². The quantitative estimate of drug-likeness (QED) is 0.590. The van der Waals surface area contributed by atoms with Gasteiger partial charge in [-0.1, -0.05) is 12.1 Å². The van der Waals surface area contributed by atoms with Gasteiger partial charge in [0.15, 0.2) is 0 Å². The van der Waals surface area contributed by atoms with E-state index in [0.717, 1.165) is 33.1 Å². The summed E-state index contributed by atoms with van der Waals surface area (Å²) in [5.74, 6) is 1.02. The zero-order valence-corrected chi connectivity index (χ0v) is 10.6. The molecule has 0 aliphatic heterocycles. The second-order valence-electron chi connectivity index (χ2n) is 4.03. The first kappa shape index (κ1) is 10.9. The molecule has 0 amide bonds. The van der Waals surface area contributed by atoms with Gasteiger partial charge in [-0.25, -0.2) is 0 Å². The molecular weight excluding hydrogens is 255 g/mol. The van der Waals surface area contributed by atoms with Crippen molar-refractivity contribution in [1.29, 1.82) is 0 Å². The molecule has 1 nitrogen and oxygen atoms in total. The normalized spacial score (nSPS) is 11.4. The first-order valence-corrected chi connectivity index (χ1v) is 6.44. The summed E-state index contributed by atoms with van der Waals surface area (Å²) >= 11 is 11.7. The molecule has 0 radical (unpaired) electrons. The van der Waals surface area contributed by atoms with Gasteiger partial charge in [0.05, 0.1) is 0 Å². The van der Waals surface area contributed by atoms with Gasteiger partial charge in [-0.15, -0.1) is 23.2 Å². The van der Waals surface area contributed by atoms with Gasteiger partial charge in [0.1, 0.15) is 11.2 Å². The Labute approximate surface area is 109 Å². The Morgan fingerprint density at radius 2 is 1.24 bits per heavy atom. The molecule has 0 bridgehead atoms. The molecule has 0 aliphatic carbocycles. The van der Waals surface area contributed by atoms with E-state index < -0.39 is 0 Å². The van der Waals surface area contributed by atoms with Gasteiger partial charge in [0, 0.05) is 22.5 Å². The molecule has 0 fully saturated rings. The van der Waals surface area contributed by atoms with Crippen molar-refractivity contribution in [3.05, 3.63) is 47.5 Å². The number of furan rings is 1. The highest BCUT2D eigenvalue weighted by molar-refractivity contribution is 6.18. The van der Waals surface area contributed by atoms with Crippen LogP contribution in [0.1, 0.15) is 11.1 Å². The molecule has 0 saturated heterocycles. The Balaban J connectivity index is 2.37. The number of hydrogen-bond acceptors (Lipinski definition) is 1. The standard InChI is InChI=1S/C14H10Cl2O/c15-7-9-1-3-13-11(5-9)12-6-10(8-16)2-4-14(12)17-13/h1-6H,7-8H2. The minimum Gasteiger partial charge on any atom is -0.456 e. The molecule has 0 aliphatic rings. The molecule has 1 aromatic heterocycles. The Bertz CT molecular complexity index is 627. The summed E-state index contributed by atoms with van der Waals surface area (Å²) in [6, 6.07) is 12.1. The third kappa shape index (κ3) is 1.80. The van der Waals surface area contributed by atoms with Gasteiger partial charge in [-0.2, -0.15) is 0 Å². The molecule has 3 aromatic rings. The van der Waals surface area contributed by atoms with Gasteiger partial charge in [0.25, 0.3) is 0 Å². The van der Waals surface area contributed by atoms with Crippen molar-refractivity contribution in [2.45, 2.75) is 11.8 Å². The molecule has 0 N–H and O–H groups in total. The van der Waals surface area contributed by atoms with Crippen LogP contribution < -0.4 is 0 Å². The lowest BCUT2D eigenvalue weighted by molar-refractivity contribution is 0.668. The average molecular weight is 265 g/mol. The molecule has 0 atom stereocenters. The van der Waals surface area contributed by atoms with E-state index in [-0.39, 0.29) is 0 Å². The third-order valence-corrected chi connectivity index (χ3v) is 3.52. The second-order valence-corrected chi connectivity index (χ2v) is 4.56. The number of halogens is 2. The van der Waals surface area contributed by atoms with Gasteiger partial charge >= 0.3 is 0 Å². The van der Waals surface area contributed by atoms with Crippen LogP contribution >= 0.6 is 23.2 Å². The summed E-state index contributed by atoms with van der Waals surface area (Å²) in [5, 5.41) is 2.20. The zero-order chi connectivity index (χ0) is 11.8. The van der Waals surface area contributed by atoms with E-state index in [1.807, 2.05) is 24.3 Å². The largest absolute Gasteiger partial charge is 0.456 e. The van der Waals surface area contributed by atoms with E-state index >= 15 is 0 Å². The SMILES string of the molecule is ClCc1ccc2oc3ccc(CCl)cc3c2c1. The minimum absolute atomic E-state index is 0.512. The van der Waals surface area contributed by atoms with E-state index in [1.165, 1.54) is 0 Å². The Hall–Kier alpha value is -1.18. The second kappa shape index (κ2) is 4.25. The van der Waals surface area contributed by atoms with Crippen molar-refractivity contribution < 1.29 is 4.42 Å². The number of alkyl halides is 2. The van der Waals surface area contributed by atoms with Crippen LogP contribution in [0, 0.1) is 0 Å². The fraction of sp³-hybridized carbons (Fsp3) is 0.143. The van der Waals surface area contributed by atoms with Gasteiger partial charge < -0.3 is 4.42 Å². The maximum Gasteiger partial charge on any atom is 0.135 e. The van der Waals surface area contributed by atoms with Crippen molar-refractivity contribution in [2.75, 3.05) is 0 Å². The Kier molecular flexibility index (Phi) is 2.73.